The van der Waals surface area contributed by atoms with Crippen molar-refractivity contribution in [2.45, 2.75) is 13.3 Å². The van der Waals surface area contributed by atoms with Gasteiger partial charge >= 0.3 is 0 Å². The highest BCUT2D eigenvalue weighted by atomic mass is 16.3. The van der Waals surface area contributed by atoms with Crippen molar-refractivity contribution >= 4 is 29.3 Å². The average molecular weight is 372 g/mol. The predicted octanol–water partition coefficient (Wildman–Crippen LogP) is 4.44. The van der Waals surface area contributed by atoms with Gasteiger partial charge < -0.3 is 14.6 Å². The van der Waals surface area contributed by atoms with Gasteiger partial charge in [-0.1, -0.05) is 18.2 Å². The lowest BCUT2D eigenvalue weighted by Gasteiger charge is -2.17. The quantitative estimate of drug-likeness (QED) is 0.689. The van der Waals surface area contributed by atoms with Gasteiger partial charge in [0.1, 0.15) is 11.5 Å². The standard InChI is InChI=1S/C23H20N2O3/c1-16-6-11-20(28-16)12-13-22(26)24-19-9-7-18(8-10-19)23(27)25-15-14-17-4-2-3-5-21(17)25/h2-13H,14-15H2,1H3,(H,24,26)/b13-12+. The fraction of sp³-hybridized carbons (Fsp3) is 0.130. The van der Waals surface area contributed by atoms with Gasteiger partial charge in [-0.15, -0.1) is 0 Å². The van der Waals surface area contributed by atoms with Gasteiger partial charge in [0, 0.05) is 29.6 Å². The molecule has 0 saturated heterocycles. The van der Waals surface area contributed by atoms with Gasteiger partial charge in [-0.25, -0.2) is 0 Å². The topological polar surface area (TPSA) is 62.6 Å². The summed E-state index contributed by atoms with van der Waals surface area (Å²) in [4.78, 5) is 26.7. The van der Waals surface area contributed by atoms with Gasteiger partial charge in [0.15, 0.2) is 0 Å². The van der Waals surface area contributed by atoms with E-state index in [1.807, 2.05) is 31.2 Å². The molecule has 4 rings (SSSR count). The summed E-state index contributed by atoms with van der Waals surface area (Å²) < 4.78 is 5.39. The van der Waals surface area contributed by atoms with E-state index >= 15 is 0 Å². The Bertz CT molecular complexity index is 1050. The molecule has 28 heavy (non-hydrogen) atoms. The van der Waals surface area contributed by atoms with Gasteiger partial charge in [-0.05, 0) is 67.4 Å². The van der Waals surface area contributed by atoms with E-state index in [4.69, 9.17) is 4.42 Å². The second-order valence-electron chi connectivity index (χ2n) is 6.68. The second-order valence-corrected chi connectivity index (χ2v) is 6.68. The monoisotopic (exact) mass is 372 g/mol. The zero-order valence-corrected chi connectivity index (χ0v) is 15.5. The molecular weight excluding hydrogens is 352 g/mol. The highest BCUT2D eigenvalue weighted by Gasteiger charge is 2.24. The van der Waals surface area contributed by atoms with E-state index in [1.165, 1.54) is 11.6 Å². The maximum absolute atomic E-state index is 12.8. The van der Waals surface area contributed by atoms with Crippen LogP contribution in [0.2, 0.25) is 0 Å². The zero-order valence-electron chi connectivity index (χ0n) is 15.5. The van der Waals surface area contributed by atoms with Crippen molar-refractivity contribution in [3.05, 3.63) is 89.4 Å². The van der Waals surface area contributed by atoms with Crippen molar-refractivity contribution in [2.75, 3.05) is 16.8 Å². The summed E-state index contributed by atoms with van der Waals surface area (Å²) in [5.41, 5.74) is 3.39. The fourth-order valence-electron chi connectivity index (χ4n) is 3.29. The maximum Gasteiger partial charge on any atom is 0.258 e. The van der Waals surface area contributed by atoms with Crippen LogP contribution in [0.5, 0.6) is 0 Å². The number of amides is 2. The molecule has 2 amide bonds. The SMILES string of the molecule is Cc1ccc(/C=C/C(=O)Nc2ccc(C(=O)N3CCc4ccccc43)cc2)o1. The molecule has 1 N–H and O–H groups in total. The number of benzene rings is 2. The van der Waals surface area contributed by atoms with Gasteiger partial charge in [0.2, 0.25) is 5.91 Å². The normalized spacial score (nSPS) is 13.0. The Labute approximate surface area is 163 Å². The van der Waals surface area contributed by atoms with Gasteiger partial charge in [0.05, 0.1) is 0 Å². The Balaban J connectivity index is 1.40. The van der Waals surface area contributed by atoms with Crippen LogP contribution >= 0.6 is 0 Å². The van der Waals surface area contributed by atoms with Crippen LogP contribution < -0.4 is 10.2 Å². The predicted molar refractivity (Wildman–Crippen MR) is 109 cm³/mol. The first-order chi connectivity index (χ1) is 13.6. The molecule has 0 radical (unpaired) electrons. The number of aryl methyl sites for hydroxylation is 1. The molecule has 3 aromatic rings. The lowest BCUT2D eigenvalue weighted by Crippen LogP contribution is -2.28. The van der Waals surface area contributed by atoms with Crippen LogP contribution in [0.15, 0.2) is 71.2 Å². The number of nitrogens with one attached hydrogen (secondary N) is 1. The summed E-state index contributed by atoms with van der Waals surface area (Å²) in [6, 6.07) is 18.5. The van der Waals surface area contributed by atoms with Crippen LogP contribution in [0.25, 0.3) is 6.08 Å². The number of carbonyl (C=O) groups is 2. The molecule has 0 aliphatic carbocycles. The van der Waals surface area contributed by atoms with E-state index in [2.05, 4.69) is 11.4 Å². The largest absolute Gasteiger partial charge is 0.462 e. The molecule has 0 atom stereocenters. The fourth-order valence-corrected chi connectivity index (χ4v) is 3.29. The Hall–Kier alpha value is -3.60. The van der Waals surface area contributed by atoms with E-state index in [9.17, 15) is 9.59 Å². The van der Waals surface area contributed by atoms with Crippen molar-refractivity contribution in [1.82, 2.24) is 0 Å². The molecule has 0 spiro atoms. The lowest BCUT2D eigenvalue weighted by molar-refractivity contribution is -0.111. The number of anilines is 2. The number of carbonyl (C=O) groups excluding carboxylic acids is 2. The Morgan fingerprint density at radius 1 is 1.04 bits per heavy atom. The first-order valence-corrected chi connectivity index (χ1v) is 9.15. The van der Waals surface area contributed by atoms with Crippen molar-refractivity contribution in [3.63, 3.8) is 0 Å². The number of hydrogen-bond acceptors (Lipinski definition) is 3. The number of furan rings is 1. The van der Waals surface area contributed by atoms with Crippen molar-refractivity contribution in [1.29, 1.82) is 0 Å². The molecule has 0 saturated carbocycles. The number of nitrogens with zero attached hydrogens (tertiary/aromatic N) is 1. The Morgan fingerprint density at radius 2 is 1.82 bits per heavy atom. The molecule has 0 bridgehead atoms. The zero-order chi connectivity index (χ0) is 19.5. The molecule has 0 fully saturated rings. The van der Waals surface area contributed by atoms with Gasteiger partial charge in [-0.3, -0.25) is 9.59 Å². The lowest BCUT2D eigenvalue weighted by atomic mass is 10.1. The third kappa shape index (κ3) is 3.74. The third-order valence-electron chi connectivity index (χ3n) is 4.69. The van der Waals surface area contributed by atoms with E-state index < -0.39 is 0 Å². The molecule has 0 unspecified atom stereocenters. The first-order valence-electron chi connectivity index (χ1n) is 9.15. The van der Waals surface area contributed by atoms with Crippen molar-refractivity contribution < 1.29 is 14.0 Å². The molecule has 1 aliphatic rings. The summed E-state index contributed by atoms with van der Waals surface area (Å²) in [7, 11) is 0. The van der Waals surface area contributed by atoms with Crippen LogP contribution in [0.1, 0.15) is 27.4 Å². The van der Waals surface area contributed by atoms with E-state index in [0.29, 0.717) is 23.6 Å². The number of fused-ring (bicyclic) bond motifs is 1. The number of para-hydroxylation sites is 1. The summed E-state index contributed by atoms with van der Waals surface area (Å²) in [6.45, 7) is 2.54. The summed E-state index contributed by atoms with van der Waals surface area (Å²) in [5, 5.41) is 2.78. The van der Waals surface area contributed by atoms with Crippen LogP contribution in [-0.2, 0) is 11.2 Å². The Morgan fingerprint density at radius 3 is 2.57 bits per heavy atom. The van der Waals surface area contributed by atoms with Gasteiger partial charge in [0.25, 0.3) is 5.91 Å². The van der Waals surface area contributed by atoms with Crippen LogP contribution in [0.4, 0.5) is 11.4 Å². The smallest absolute Gasteiger partial charge is 0.258 e. The maximum atomic E-state index is 12.8. The summed E-state index contributed by atoms with van der Waals surface area (Å²) in [6.07, 6.45) is 3.90. The minimum atomic E-state index is -0.262. The van der Waals surface area contributed by atoms with Gasteiger partial charge in [-0.2, -0.15) is 0 Å². The second kappa shape index (κ2) is 7.56. The highest BCUT2D eigenvalue weighted by Crippen LogP contribution is 2.29. The van der Waals surface area contributed by atoms with Crippen LogP contribution in [0.3, 0.4) is 0 Å². The van der Waals surface area contributed by atoms with E-state index in [0.717, 1.165) is 17.9 Å². The van der Waals surface area contributed by atoms with Crippen molar-refractivity contribution in [3.8, 4) is 0 Å². The molecular formula is C23H20N2O3. The van der Waals surface area contributed by atoms with Crippen molar-refractivity contribution in [2.24, 2.45) is 0 Å². The molecule has 5 heteroatoms. The Kier molecular flexibility index (Phi) is 4.81. The first kappa shape index (κ1) is 17.8. The minimum absolute atomic E-state index is 0.0316. The third-order valence-corrected chi connectivity index (χ3v) is 4.69. The van der Waals surface area contributed by atoms with Crippen LogP contribution in [0, 0.1) is 6.92 Å². The highest BCUT2D eigenvalue weighted by molar-refractivity contribution is 6.08. The van der Waals surface area contributed by atoms with E-state index in [1.54, 1.807) is 41.3 Å². The molecule has 2 heterocycles. The molecule has 140 valence electrons. The van der Waals surface area contributed by atoms with E-state index in [-0.39, 0.29) is 11.8 Å². The average Bonchev–Trinajstić information content (AvgIpc) is 3.32. The van der Waals surface area contributed by atoms with Crippen LogP contribution in [-0.4, -0.2) is 18.4 Å². The summed E-state index contributed by atoms with van der Waals surface area (Å²) in [5.74, 6) is 1.12. The number of hydrogen-bond donors (Lipinski definition) is 1. The molecule has 5 nitrogen and oxygen atoms in total. The number of rotatable bonds is 4. The molecule has 1 aromatic heterocycles. The minimum Gasteiger partial charge on any atom is -0.462 e. The molecule has 2 aromatic carbocycles. The molecule has 1 aliphatic heterocycles. The summed E-state index contributed by atoms with van der Waals surface area (Å²) >= 11 is 0.